The van der Waals surface area contributed by atoms with E-state index in [0.29, 0.717) is 0 Å². The number of likely N-dealkylation sites (tertiary alicyclic amines) is 1. The molecule has 3 N–H and O–H groups in total. The highest BCUT2D eigenvalue weighted by Gasteiger charge is 2.31. The molecule has 18 heavy (non-hydrogen) atoms. The van der Waals surface area contributed by atoms with Gasteiger partial charge in [-0.3, -0.25) is 9.69 Å². The summed E-state index contributed by atoms with van der Waals surface area (Å²) in [6.07, 6.45) is 1.01. The molecule has 3 atom stereocenters. The van der Waals surface area contributed by atoms with Gasteiger partial charge in [0.05, 0.1) is 6.04 Å². The smallest absolute Gasteiger partial charge is 0.217 e. The Labute approximate surface area is 112 Å². The third-order valence-corrected chi connectivity index (χ3v) is 4.10. The van der Waals surface area contributed by atoms with E-state index in [0.717, 1.165) is 19.5 Å². The van der Waals surface area contributed by atoms with Gasteiger partial charge in [-0.2, -0.15) is 11.3 Å². The van der Waals surface area contributed by atoms with E-state index >= 15 is 0 Å². The minimum atomic E-state index is 0.0507. The van der Waals surface area contributed by atoms with Crippen molar-refractivity contribution in [3.63, 3.8) is 0 Å². The first-order chi connectivity index (χ1) is 8.58. The van der Waals surface area contributed by atoms with Crippen LogP contribution in [0.3, 0.4) is 0 Å². The summed E-state index contributed by atoms with van der Waals surface area (Å²) in [4.78, 5) is 13.5. The minimum Gasteiger partial charge on any atom is -0.352 e. The number of nitrogens with one attached hydrogen (secondary N) is 1. The SMILES string of the molecule is CC(=O)NC1CCN(C(c2ccsc2)C(C)N)C1. The molecular weight excluding hydrogens is 246 g/mol. The number of carbonyl (C=O) groups is 1. The monoisotopic (exact) mass is 267 g/mol. The first-order valence-electron chi connectivity index (χ1n) is 6.36. The average Bonchev–Trinajstić information content (AvgIpc) is 2.89. The molecule has 1 saturated heterocycles. The molecule has 1 aromatic heterocycles. The molecule has 4 nitrogen and oxygen atoms in total. The van der Waals surface area contributed by atoms with Gasteiger partial charge < -0.3 is 11.1 Å². The van der Waals surface area contributed by atoms with Crippen LogP contribution in [0, 0.1) is 0 Å². The molecule has 1 fully saturated rings. The van der Waals surface area contributed by atoms with E-state index in [9.17, 15) is 4.79 Å². The standard InChI is InChI=1S/C13H21N3OS/c1-9(14)13(11-4-6-18-8-11)16-5-3-12(7-16)15-10(2)17/h4,6,8-9,12-13H,3,5,7,14H2,1-2H3,(H,15,17). The number of amides is 1. The Morgan fingerprint density at radius 2 is 2.44 bits per heavy atom. The zero-order chi connectivity index (χ0) is 13.1. The van der Waals surface area contributed by atoms with E-state index in [2.05, 4.69) is 27.0 Å². The van der Waals surface area contributed by atoms with Crippen LogP contribution in [0.5, 0.6) is 0 Å². The zero-order valence-corrected chi connectivity index (χ0v) is 11.7. The first kappa shape index (κ1) is 13.5. The van der Waals surface area contributed by atoms with Gasteiger partial charge in [0, 0.05) is 32.1 Å². The van der Waals surface area contributed by atoms with Crippen LogP contribution in [0.4, 0.5) is 0 Å². The molecule has 5 heteroatoms. The van der Waals surface area contributed by atoms with Crippen molar-refractivity contribution < 1.29 is 4.79 Å². The topological polar surface area (TPSA) is 58.4 Å². The van der Waals surface area contributed by atoms with E-state index in [1.54, 1.807) is 18.3 Å². The fourth-order valence-corrected chi connectivity index (χ4v) is 3.42. The lowest BCUT2D eigenvalue weighted by atomic mass is 10.0. The molecule has 0 aliphatic carbocycles. The maximum atomic E-state index is 11.1. The highest BCUT2D eigenvalue weighted by molar-refractivity contribution is 7.07. The maximum absolute atomic E-state index is 11.1. The molecule has 1 aromatic rings. The molecule has 0 aromatic carbocycles. The summed E-state index contributed by atoms with van der Waals surface area (Å²) in [5.74, 6) is 0.0507. The van der Waals surface area contributed by atoms with Crippen molar-refractivity contribution in [1.82, 2.24) is 10.2 Å². The van der Waals surface area contributed by atoms with Crippen LogP contribution in [-0.4, -0.2) is 36.0 Å². The van der Waals surface area contributed by atoms with Crippen LogP contribution < -0.4 is 11.1 Å². The first-order valence-corrected chi connectivity index (χ1v) is 7.31. The van der Waals surface area contributed by atoms with Crippen molar-refractivity contribution in [2.24, 2.45) is 5.73 Å². The van der Waals surface area contributed by atoms with Crippen molar-refractivity contribution in [2.45, 2.75) is 38.4 Å². The van der Waals surface area contributed by atoms with Crippen LogP contribution in [0.1, 0.15) is 31.9 Å². The molecule has 0 spiro atoms. The normalized spacial score (nSPS) is 23.8. The van der Waals surface area contributed by atoms with E-state index in [-0.39, 0.29) is 24.0 Å². The van der Waals surface area contributed by atoms with E-state index in [1.165, 1.54) is 5.56 Å². The predicted octanol–water partition coefficient (Wildman–Crippen LogP) is 1.35. The van der Waals surface area contributed by atoms with Gasteiger partial charge in [-0.25, -0.2) is 0 Å². The highest BCUT2D eigenvalue weighted by Crippen LogP contribution is 2.28. The van der Waals surface area contributed by atoms with Crippen LogP contribution >= 0.6 is 11.3 Å². The largest absolute Gasteiger partial charge is 0.352 e. The summed E-state index contributed by atoms with van der Waals surface area (Å²) in [5, 5.41) is 7.25. The molecule has 1 aliphatic heterocycles. The summed E-state index contributed by atoms with van der Waals surface area (Å²) in [5.41, 5.74) is 7.42. The van der Waals surface area contributed by atoms with Crippen LogP contribution in [0.2, 0.25) is 0 Å². The van der Waals surface area contributed by atoms with E-state index in [4.69, 9.17) is 5.73 Å². The summed E-state index contributed by atoms with van der Waals surface area (Å²) in [6, 6.07) is 2.76. The Bertz CT molecular complexity index is 391. The summed E-state index contributed by atoms with van der Waals surface area (Å²) >= 11 is 1.70. The number of nitrogens with zero attached hydrogens (tertiary/aromatic N) is 1. The molecule has 0 saturated carbocycles. The Morgan fingerprint density at radius 3 is 3.00 bits per heavy atom. The van der Waals surface area contributed by atoms with Gasteiger partial charge in [0.1, 0.15) is 0 Å². The molecule has 2 heterocycles. The van der Waals surface area contributed by atoms with Crippen LogP contribution in [-0.2, 0) is 4.79 Å². The zero-order valence-electron chi connectivity index (χ0n) is 10.9. The molecule has 3 unspecified atom stereocenters. The Kier molecular flexibility index (Phi) is 4.37. The number of hydrogen-bond acceptors (Lipinski definition) is 4. The van der Waals surface area contributed by atoms with Gasteiger partial charge in [0.2, 0.25) is 5.91 Å². The number of rotatable bonds is 4. The quantitative estimate of drug-likeness (QED) is 0.865. The Hall–Kier alpha value is -0.910. The van der Waals surface area contributed by atoms with Crippen molar-refractivity contribution in [3.05, 3.63) is 22.4 Å². The molecular formula is C13H21N3OS. The van der Waals surface area contributed by atoms with E-state index < -0.39 is 0 Å². The van der Waals surface area contributed by atoms with Gasteiger partial charge in [-0.1, -0.05) is 0 Å². The molecule has 100 valence electrons. The highest BCUT2D eigenvalue weighted by atomic mass is 32.1. The molecule has 1 amide bonds. The second kappa shape index (κ2) is 5.82. The average molecular weight is 267 g/mol. The van der Waals surface area contributed by atoms with Gasteiger partial charge in [-0.15, -0.1) is 0 Å². The van der Waals surface area contributed by atoms with Crippen LogP contribution in [0.15, 0.2) is 16.8 Å². The fraction of sp³-hybridized carbons (Fsp3) is 0.615. The number of nitrogens with two attached hydrogens (primary N) is 1. The van der Waals surface area contributed by atoms with Gasteiger partial charge in [0.25, 0.3) is 0 Å². The lowest BCUT2D eigenvalue weighted by molar-refractivity contribution is -0.119. The fourth-order valence-electron chi connectivity index (χ4n) is 2.74. The van der Waals surface area contributed by atoms with Crippen molar-refractivity contribution in [2.75, 3.05) is 13.1 Å². The lowest BCUT2D eigenvalue weighted by Gasteiger charge is -2.30. The van der Waals surface area contributed by atoms with Gasteiger partial charge in [0.15, 0.2) is 0 Å². The van der Waals surface area contributed by atoms with Crippen LogP contribution in [0.25, 0.3) is 0 Å². The molecule has 0 radical (unpaired) electrons. The summed E-state index contributed by atoms with van der Waals surface area (Å²) in [7, 11) is 0. The second-order valence-corrected chi connectivity index (χ2v) is 5.82. The lowest BCUT2D eigenvalue weighted by Crippen LogP contribution is -2.41. The van der Waals surface area contributed by atoms with Gasteiger partial charge in [-0.05, 0) is 35.7 Å². The van der Waals surface area contributed by atoms with Crippen molar-refractivity contribution in [3.8, 4) is 0 Å². The minimum absolute atomic E-state index is 0.0507. The maximum Gasteiger partial charge on any atom is 0.217 e. The summed E-state index contributed by atoms with van der Waals surface area (Å²) < 4.78 is 0. The molecule has 2 rings (SSSR count). The Balaban J connectivity index is 2.03. The molecule has 1 aliphatic rings. The number of hydrogen-bond donors (Lipinski definition) is 2. The third kappa shape index (κ3) is 3.10. The number of thiophene rings is 1. The number of carbonyl (C=O) groups excluding carboxylic acids is 1. The predicted molar refractivity (Wildman–Crippen MR) is 74.5 cm³/mol. The summed E-state index contributed by atoms with van der Waals surface area (Å²) in [6.45, 7) is 5.51. The Morgan fingerprint density at radius 1 is 1.67 bits per heavy atom. The molecule has 0 bridgehead atoms. The third-order valence-electron chi connectivity index (χ3n) is 3.40. The second-order valence-electron chi connectivity index (χ2n) is 5.04. The van der Waals surface area contributed by atoms with Crippen molar-refractivity contribution in [1.29, 1.82) is 0 Å². The van der Waals surface area contributed by atoms with Gasteiger partial charge >= 0.3 is 0 Å². The van der Waals surface area contributed by atoms with E-state index in [1.807, 2.05) is 6.92 Å². The van der Waals surface area contributed by atoms with Crippen molar-refractivity contribution >= 4 is 17.2 Å².